The summed E-state index contributed by atoms with van der Waals surface area (Å²) in [4.78, 5) is 21.9. The molecule has 0 atom stereocenters. The predicted molar refractivity (Wildman–Crippen MR) is 120 cm³/mol. The van der Waals surface area contributed by atoms with Gasteiger partial charge in [-0.2, -0.15) is 0 Å². The second kappa shape index (κ2) is 9.62. The van der Waals surface area contributed by atoms with Gasteiger partial charge < -0.3 is 4.90 Å². The van der Waals surface area contributed by atoms with E-state index in [0.717, 1.165) is 40.5 Å². The molecular weight excluding hydrogens is 366 g/mol. The third-order valence-corrected chi connectivity index (χ3v) is 5.82. The van der Waals surface area contributed by atoms with E-state index in [1.54, 1.807) is 22.3 Å². The van der Waals surface area contributed by atoms with E-state index in [1.807, 2.05) is 42.5 Å². The largest absolute Gasteiger partial charge is 0.302 e. The van der Waals surface area contributed by atoms with E-state index in [1.165, 1.54) is 5.56 Å². The predicted octanol–water partition coefficient (Wildman–Crippen LogP) is 4.99. The van der Waals surface area contributed by atoms with Gasteiger partial charge in [-0.15, -0.1) is 0 Å². The van der Waals surface area contributed by atoms with E-state index < -0.39 is 0 Å². The highest BCUT2D eigenvalue weighted by atomic mass is 32.1. The number of likely N-dealkylation sites (N-methyl/N-ethyl adjacent to an activating group) is 1. The lowest BCUT2D eigenvalue weighted by Crippen LogP contribution is -2.38. The van der Waals surface area contributed by atoms with Crippen LogP contribution in [-0.2, 0) is 4.79 Å². The summed E-state index contributed by atoms with van der Waals surface area (Å²) in [6.07, 6.45) is 3.51. The van der Waals surface area contributed by atoms with Crippen LogP contribution in [0.4, 0.5) is 5.13 Å². The maximum atomic E-state index is 13.0. The third-order valence-electron chi connectivity index (χ3n) is 4.78. The minimum absolute atomic E-state index is 0.0354. The topological polar surface area (TPSA) is 36.4 Å². The zero-order valence-electron chi connectivity index (χ0n) is 16.8. The van der Waals surface area contributed by atoms with Gasteiger partial charge in [0.1, 0.15) is 0 Å². The Balaban J connectivity index is 1.86. The maximum Gasteiger partial charge on any atom is 0.252 e. The van der Waals surface area contributed by atoms with Crippen molar-refractivity contribution in [3.63, 3.8) is 0 Å². The smallest absolute Gasteiger partial charge is 0.252 e. The molecule has 0 N–H and O–H groups in total. The molecule has 0 spiro atoms. The van der Waals surface area contributed by atoms with Gasteiger partial charge in [0.25, 0.3) is 5.91 Å². The summed E-state index contributed by atoms with van der Waals surface area (Å²) in [7, 11) is 0. The molecule has 28 heavy (non-hydrogen) atoms. The molecule has 0 aliphatic heterocycles. The highest BCUT2D eigenvalue weighted by Gasteiger charge is 2.18. The van der Waals surface area contributed by atoms with Crippen LogP contribution >= 0.6 is 11.3 Å². The van der Waals surface area contributed by atoms with Crippen LogP contribution in [0.25, 0.3) is 16.3 Å². The number of carbonyl (C=O) groups is 1. The molecule has 5 heteroatoms. The van der Waals surface area contributed by atoms with Crippen molar-refractivity contribution < 1.29 is 4.79 Å². The van der Waals surface area contributed by atoms with Crippen LogP contribution in [0.5, 0.6) is 0 Å². The average molecular weight is 394 g/mol. The number of benzene rings is 2. The third kappa shape index (κ3) is 5.06. The van der Waals surface area contributed by atoms with Crippen LogP contribution < -0.4 is 4.90 Å². The van der Waals surface area contributed by atoms with E-state index in [4.69, 9.17) is 4.98 Å². The molecule has 3 rings (SSSR count). The Bertz CT molecular complexity index is 945. The van der Waals surface area contributed by atoms with E-state index in [-0.39, 0.29) is 5.91 Å². The lowest BCUT2D eigenvalue weighted by atomic mass is 10.2. The zero-order valence-corrected chi connectivity index (χ0v) is 17.6. The first-order valence-electron chi connectivity index (χ1n) is 9.75. The van der Waals surface area contributed by atoms with Gasteiger partial charge in [0.15, 0.2) is 5.13 Å². The highest BCUT2D eigenvalue weighted by molar-refractivity contribution is 7.22. The Morgan fingerprint density at radius 1 is 1.07 bits per heavy atom. The first-order valence-corrected chi connectivity index (χ1v) is 10.6. The van der Waals surface area contributed by atoms with Crippen molar-refractivity contribution in [3.8, 4) is 0 Å². The number of aromatic nitrogens is 1. The summed E-state index contributed by atoms with van der Waals surface area (Å²) < 4.78 is 1.11. The van der Waals surface area contributed by atoms with Crippen molar-refractivity contribution >= 4 is 38.7 Å². The van der Waals surface area contributed by atoms with Gasteiger partial charge in [-0.3, -0.25) is 9.69 Å². The summed E-state index contributed by atoms with van der Waals surface area (Å²) >= 11 is 1.58. The molecule has 0 bridgehead atoms. The number of thiazole rings is 1. The molecule has 1 amide bonds. The van der Waals surface area contributed by atoms with E-state index in [2.05, 4.69) is 37.8 Å². The van der Waals surface area contributed by atoms with E-state index >= 15 is 0 Å². The standard InChI is InChI=1S/C23H27N3OS/c1-4-25(5-2)15-16-26(22(27)14-12-19-9-7-6-8-10-19)23-24-20-13-11-18(3)17-21(20)28-23/h6-14,17H,4-5,15-16H2,1-3H3. The van der Waals surface area contributed by atoms with Crippen LogP contribution in [0.1, 0.15) is 25.0 Å². The van der Waals surface area contributed by atoms with Crippen molar-refractivity contribution in [1.29, 1.82) is 0 Å². The van der Waals surface area contributed by atoms with Crippen molar-refractivity contribution in [3.05, 3.63) is 65.7 Å². The molecular formula is C23H27N3OS. The molecule has 2 aromatic carbocycles. The highest BCUT2D eigenvalue weighted by Crippen LogP contribution is 2.29. The number of hydrogen-bond donors (Lipinski definition) is 0. The number of nitrogens with zero attached hydrogens (tertiary/aromatic N) is 3. The average Bonchev–Trinajstić information content (AvgIpc) is 3.13. The summed E-state index contributed by atoms with van der Waals surface area (Å²) in [6, 6.07) is 16.1. The number of carbonyl (C=O) groups excluding carboxylic acids is 1. The van der Waals surface area contributed by atoms with Crippen molar-refractivity contribution in [2.75, 3.05) is 31.1 Å². The molecule has 0 unspecified atom stereocenters. The van der Waals surface area contributed by atoms with Crippen LogP contribution in [0.15, 0.2) is 54.6 Å². The van der Waals surface area contributed by atoms with Crippen LogP contribution in [-0.4, -0.2) is 42.0 Å². The molecule has 0 saturated carbocycles. The fraction of sp³-hybridized carbons (Fsp3) is 0.304. The molecule has 1 heterocycles. The second-order valence-corrected chi connectivity index (χ2v) is 7.74. The van der Waals surface area contributed by atoms with E-state index in [0.29, 0.717) is 6.54 Å². The quantitative estimate of drug-likeness (QED) is 0.506. The molecule has 0 saturated heterocycles. The number of hydrogen-bond acceptors (Lipinski definition) is 4. The Hall–Kier alpha value is -2.50. The van der Waals surface area contributed by atoms with Crippen molar-refractivity contribution in [2.45, 2.75) is 20.8 Å². The molecule has 1 aromatic heterocycles. The first-order chi connectivity index (χ1) is 13.6. The Kier molecular flexibility index (Phi) is 6.95. The fourth-order valence-electron chi connectivity index (χ4n) is 3.04. The summed E-state index contributed by atoms with van der Waals surface area (Å²) in [5.41, 5.74) is 3.16. The Morgan fingerprint density at radius 2 is 1.82 bits per heavy atom. The molecule has 3 aromatic rings. The number of fused-ring (bicyclic) bond motifs is 1. The van der Waals surface area contributed by atoms with Gasteiger partial charge in [0, 0.05) is 19.2 Å². The minimum Gasteiger partial charge on any atom is -0.302 e. The minimum atomic E-state index is -0.0354. The number of aryl methyl sites for hydroxylation is 1. The lowest BCUT2D eigenvalue weighted by Gasteiger charge is -2.23. The number of rotatable bonds is 8. The van der Waals surface area contributed by atoms with Gasteiger partial charge in [-0.25, -0.2) is 4.98 Å². The van der Waals surface area contributed by atoms with Crippen LogP contribution in [0.3, 0.4) is 0 Å². The molecule has 0 aliphatic rings. The van der Waals surface area contributed by atoms with E-state index in [9.17, 15) is 4.79 Å². The van der Waals surface area contributed by atoms with Crippen molar-refractivity contribution in [1.82, 2.24) is 9.88 Å². The van der Waals surface area contributed by atoms with Gasteiger partial charge in [-0.1, -0.05) is 61.6 Å². The zero-order chi connectivity index (χ0) is 19.9. The normalized spacial score (nSPS) is 11.6. The molecule has 146 valence electrons. The van der Waals surface area contributed by atoms with Gasteiger partial charge >= 0.3 is 0 Å². The Morgan fingerprint density at radius 3 is 2.54 bits per heavy atom. The lowest BCUT2D eigenvalue weighted by molar-refractivity contribution is -0.114. The molecule has 0 fully saturated rings. The summed E-state index contributed by atoms with van der Waals surface area (Å²) in [5.74, 6) is -0.0354. The second-order valence-electron chi connectivity index (χ2n) is 6.73. The molecule has 0 radical (unpaired) electrons. The SMILES string of the molecule is CCN(CC)CCN(C(=O)C=Cc1ccccc1)c1nc2ccc(C)cc2s1. The monoisotopic (exact) mass is 393 g/mol. The van der Waals surface area contributed by atoms with Gasteiger partial charge in [0.2, 0.25) is 0 Å². The molecule has 4 nitrogen and oxygen atoms in total. The maximum absolute atomic E-state index is 13.0. The Labute approximate surface area is 171 Å². The summed E-state index contributed by atoms with van der Waals surface area (Å²) in [6.45, 7) is 9.75. The fourth-order valence-corrected chi connectivity index (χ4v) is 4.13. The van der Waals surface area contributed by atoms with Gasteiger partial charge in [-0.05, 0) is 49.3 Å². The van der Waals surface area contributed by atoms with Crippen molar-refractivity contribution in [2.24, 2.45) is 0 Å². The number of amides is 1. The molecule has 0 aliphatic carbocycles. The first kappa shape index (κ1) is 20.2. The van der Waals surface area contributed by atoms with Crippen LogP contribution in [0, 0.1) is 6.92 Å². The summed E-state index contributed by atoms with van der Waals surface area (Å²) in [5, 5.41) is 0.760. The van der Waals surface area contributed by atoms with Gasteiger partial charge in [0.05, 0.1) is 10.2 Å². The van der Waals surface area contributed by atoms with Crippen LogP contribution in [0.2, 0.25) is 0 Å². The number of anilines is 1.